The van der Waals surface area contributed by atoms with E-state index in [1.165, 1.54) is 12.1 Å². The predicted octanol–water partition coefficient (Wildman–Crippen LogP) is 1.51. The molecule has 1 fully saturated rings. The molecule has 0 aliphatic carbocycles. The highest BCUT2D eigenvalue weighted by molar-refractivity contribution is 5.98. The van der Waals surface area contributed by atoms with Crippen LogP contribution in [0.2, 0.25) is 0 Å². The van der Waals surface area contributed by atoms with Crippen molar-refractivity contribution in [3.8, 4) is 0 Å². The molecule has 0 saturated carbocycles. The number of hydrogen-bond donors (Lipinski definition) is 3. The van der Waals surface area contributed by atoms with Gasteiger partial charge in [0.2, 0.25) is 0 Å². The van der Waals surface area contributed by atoms with Crippen molar-refractivity contribution in [3.63, 3.8) is 0 Å². The van der Waals surface area contributed by atoms with Crippen LogP contribution in [-0.4, -0.2) is 40.7 Å². The van der Waals surface area contributed by atoms with Crippen LogP contribution < -0.4 is 5.73 Å². The molecular formula is C15H22FN3O2. The van der Waals surface area contributed by atoms with Gasteiger partial charge in [-0.1, -0.05) is 11.2 Å². The molecule has 1 aliphatic heterocycles. The molecule has 1 atom stereocenters. The molecule has 0 spiro atoms. The standard InChI is InChI=1S/C15H22FN3O2/c16-13-4-3-12(14(8-13)15(17)18-21)10-19-6-1-2-11(9-19)5-7-20/h3-4,8,11,20-21H,1-2,5-7,9-10H2,(H2,17,18). The van der Waals surface area contributed by atoms with E-state index in [0.717, 1.165) is 37.9 Å². The van der Waals surface area contributed by atoms with Gasteiger partial charge >= 0.3 is 0 Å². The van der Waals surface area contributed by atoms with Gasteiger partial charge in [0.1, 0.15) is 5.82 Å². The molecule has 1 saturated heterocycles. The zero-order valence-electron chi connectivity index (χ0n) is 12.0. The molecule has 1 unspecified atom stereocenters. The number of rotatable bonds is 5. The first kappa shape index (κ1) is 15.7. The lowest BCUT2D eigenvalue weighted by Crippen LogP contribution is -2.35. The van der Waals surface area contributed by atoms with Crippen molar-refractivity contribution < 1.29 is 14.7 Å². The third kappa shape index (κ3) is 4.15. The van der Waals surface area contributed by atoms with Crippen LogP contribution >= 0.6 is 0 Å². The Labute approximate surface area is 123 Å². The summed E-state index contributed by atoms with van der Waals surface area (Å²) < 4.78 is 13.4. The number of hydrogen-bond acceptors (Lipinski definition) is 4. The van der Waals surface area contributed by atoms with E-state index in [1.54, 1.807) is 6.07 Å². The molecule has 0 radical (unpaired) electrons. The second-order valence-electron chi connectivity index (χ2n) is 5.54. The smallest absolute Gasteiger partial charge is 0.170 e. The van der Waals surface area contributed by atoms with Crippen LogP contribution in [0.15, 0.2) is 23.4 Å². The summed E-state index contributed by atoms with van der Waals surface area (Å²) in [5, 5.41) is 20.8. The van der Waals surface area contributed by atoms with Gasteiger partial charge in [-0.05, 0) is 49.4 Å². The molecule has 1 heterocycles. The van der Waals surface area contributed by atoms with Gasteiger partial charge in [-0.15, -0.1) is 0 Å². The minimum absolute atomic E-state index is 0.0755. The van der Waals surface area contributed by atoms with Crippen molar-refractivity contribution >= 4 is 5.84 Å². The zero-order valence-corrected chi connectivity index (χ0v) is 12.0. The summed E-state index contributed by atoms with van der Waals surface area (Å²) in [6, 6.07) is 4.36. The molecule has 0 amide bonds. The Balaban J connectivity index is 2.12. The maximum absolute atomic E-state index is 13.4. The highest BCUT2D eigenvalue weighted by atomic mass is 19.1. The minimum Gasteiger partial charge on any atom is -0.409 e. The van der Waals surface area contributed by atoms with E-state index < -0.39 is 5.82 Å². The second-order valence-corrected chi connectivity index (χ2v) is 5.54. The number of benzene rings is 1. The van der Waals surface area contributed by atoms with Crippen molar-refractivity contribution in [1.29, 1.82) is 0 Å². The molecule has 1 aromatic rings. The SMILES string of the molecule is N/C(=N/O)c1cc(F)ccc1CN1CCCC(CCO)C1. The van der Waals surface area contributed by atoms with E-state index in [9.17, 15) is 4.39 Å². The first-order chi connectivity index (χ1) is 10.1. The first-order valence-corrected chi connectivity index (χ1v) is 7.23. The Bertz CT molecular complexity index is 506. The fourth-order valence-corrected chi connectivity index (χ4v) is 2.93. The maximum atomic E-state index is 13.4. The van der Waals surface area contributed by atoms with Crippen molar-refractivity contribution in [3.05, 3.63) is 35.1 Å². The van der Waals surface area contributed by atoms with Crippen molar-refractivity contribution in [2.24, 2.45) is 16.8 Å². The number of oxime groups is 1. The highest BCUT2D eigenvalue weighted by Gasteiger charge is 2.21. The highest BCUT2D eigenvalue weighted by Crippen LogP contribution is 2.22. The number of nitrogens with zero attached hydrogens (tertiary/aromatic N) is 2. The van der Waals surface area contributed by atoms with Crippen LogP contribution in [0, 0.1) is 11.7 Å². The lowest BCUT2D eigenvalue weighted by atomic mass is 9.94. The van der Waals surface area contributed by atoms with E-state index in [4.69, 9.17) is 16.0 Å². The number of aliphatic hydroxyl groups excluding tert-OH is 1. The van der Waals surface area contributed by atoms with Gasteiger partial charge in [-0.2, -0.15) is 0 Å². The van der Waals surface area contributed by atoms with Crippen LogP contribution in [0.3, 0.4) is 0 Å². The van der Waals surface area contributed by atoms with E-state index in [0.29, 0.717) is 18.0 Å². The minimum atomic E-state index is -0.405. The van der Waals surface area contributed by atoms with Gasteiger partial charge in [0.05, 0.1) is 0 Å². The average molecular weight is 295 g/mol. The Hall–Kier alpha value is -1.66. The van der Waals surface area contributed by atoms with Gasteiger partial charge in [0.25, 0.3) is 0 Å². The number of piperidine rings is 1. The van der Waals surface area contributed by atoms with Gasteiger partial charge in [0.15, 0.2) is 5.84 Å². The number of amidine groups is 1. The lowest BCUT2D eigenvalue weighted by Gasteiger charge is -2.32. The Morgan fingerprint density at radius 3 is 3.00 bits per heavy atom. The zero-order chi connectivity index (χ0) is 15.2. The van der Waals surface area contributed by atoms with E-state index in [2.05, 4.69) is 10.1 Å². The fraction of sp³-hybridized carbons (Fsp3) is 0.533. The summed E-state index contributed by atoms with van der Waals surface area (Å²) >= 11 is 0. The fourth-order valence-electron chi connectivity index (χ4n) is 2.93. The quantitative estimate of drug-likeness (QED) is 0.333. The molecule has 2 rings (SSSR count). The summed E-state index contributed by atoms with van der Waals surface area (Å²) in [7, 11) is 0. The summed E-state index contributed by atoms with van der Waals surface area (Å²) in [6.07, 6.45) is 3.03. The number of aliphatic hydroxyl groups is 1. The molecule has 0 bridgehead atoms. The summed E-state index contributed by atoms with van der Waals surface area (Å²) in [4.78, 5) is 2.27. The predicted molar refractivity (Wildman–Crippen MR) is 78.6 cm³/mol. The van der Waals surface area contributed by atoms with Crippen molar-refractivity contribution in [1.82, 2.24) is 4.90 Å². The van der Waals surface area contributed by atoms with Crippen molar-refractivity contribution in [2.45, 2.75) is 25.8 Å². The monoisotopic (exact) mass is 295 g/mol. The van der Waals surface area contributed by atoms with Crippen LogP contribution in [0.4, 0.5) is 4.39 Å². The number of halogens is 1. The second kappa shape index (κ2) is 7.38. The molecular weight excluding hydrogens is 273 g/mol. The van der Waals surface area contributed by atoms with Gasteiger partial charge in [0, 0.05) is 25.3 Å². The Morgan fingerprint density at radius 2 is 2.29 bits per heavy atom. The molecule has 4 N–H and O–H groups in total. The van der Waals surface area contributed by atoms with Gasteiger partial charge in [-0.3, -0.25) is 4.90 Å². The molecule has 0 aromatic heterocycles. The van der Waals surface area contributed by atoms with E-state index in [1.807, 2.05) is 0 Å². The van der Waals surface area contributed by atoms with E-state index >= 15 is 0 Å². The molecule has 5 nitrogen and oxygen atoms in total. The third-order valence-electron chi connectivity index (χ3n) is 3.99. The van der Waals surface area contributed by atoms with E-state index in [-0.39, 0.29) is 12.4 Å². The Kier molecular flexibility index (Phi) is 5.52. The van der Waals surface area contributed by atoms with Gasteiger partial charge in [-0.25, -0.2) is 4.39 Å². The summed E-state index contributed by atoms with van der Waals surface area (Å²) in [5.41, 5.74) is 6.90. The Morgan fingerprint density at radius 1 is 1.48 bits per heavy atom. The normalized spacial score (nSPS) is 20.7. The molecule has 116 valence electrons. The largest absolute Gasteiger partial charge is 0.409 e. The topological polar surface area (TPSA) is 82.1 Å². The maximum Gasteiger partial charge on any atom is 0.170 e. The first-order valence-electron chi connectivity index (χ1n) is 7.23. The van der Waals surface area contributed by atoms with Crippen LogP contribution in [0.1, 0.15) is 30.4 Å². The average Bonchev–Trinajstić information content (AvgIpc) is 2.49. The third-order valence-corrected chi connectivity index (χ3v) is 3.99. The van der Waals surface area contributed by atoms with Gasteiger partial charge < -0.3 is 16.0 Å². The van der Waals surface area contributed by atoms with Crippen LogP contribution in [0.25, 0.3) is 0 Å². The lowest BCUT2D eigenvalue weighted by molar-refractivity contribution is 0.142. The summed E-state index contributed by atoms with van der Waals surface area (Å²) in [6.45, 7) is 2.72. The molecule has 1 aromatic carbocycles. The molecule has 6 heteroatoms. The van der Waals surface area contributed by atoms with Crippen LogP contribution in [-0.2, 0) is 6.54 Å². The molecule has 1 aliphatic rings. The number of likely N-dealkylation sites (tertiary alicyclic amines) is 1. The van der Waals surface area contributed by atoms with Crippen LogP contribution in [0.5, 0.6) is 0 Å². The molecule has 21 heavy (non-hydrogen) atoms. The number of nitrogens with two attached hydrogens (primary N) is 1. The summed E-state index contributed by atoms with van der Waals surface area (Å²) in [5.74, 6) is 0.0158. The van der Waals surface area contributed by atoms with Crippen molar-refractivity contribution in [2.75, 3.05) is 19.7 Å².